The Morgan fingerprint density at radius 2 is 1.73 bits per heavy atom. The van der Waals surface area contributed by atoms with Gasteiger partial charge in [-0.15, -0.1) is 5.10 Å². The van der Waals surface area contributed by atoms with E-state index in [4.69, 9.17) is 0 Å². The SMILES string of the molecule is C/C(=N\O)c1c2c(c(Nc3n[nH]c(S(=O)N4CCC(N(C)C)CC4)n3)c3c1CCC3)CCC2. The van der Waals surface area contributed by atoms with Crippen LogP contribution in [0.4, 0.5) is 11.6 Å². The lowest BCUT2D eigenvalue weighted by Crippen LogP contribution is -2.42. The van der Waals surface area contributed by atoms with Gasteiger partial charge in [-0.1, -0.05) is 5.16 Å². The van der Waals surface area contributed by atoms with E-state index < -0.39 is 11.0 Å². The summed E-state index contributed by atoms with van der Waals surface area (Å²) in [5.41, 5.74) is 8.09. The molecule has 178 valence electrons. The summed E-state index contributed by atoms with van der Waals surface area (Å²) in [6, 6.07) is 0.539. The maximum absolute atomic E-state index is 13.1. The summed E-state index contributed by atoms with van der Waals surface area (Å²) in [7, 11) is 2.86. The third kappa shape index (κ3) is 4.08. The third-order valence-electron chi connectivity index (χ3n) is 7.41. The topological polar surface area (TPSA) is 110 Å². The second-order valence-electron chi connectivity index (χ2n) is 9.52. The number of rotatable bonds is 6. The average molecular weight is 472 g/mol. The van der Waals surface area contributed by atoms with Crippen molar-refractivity contribution in [2.24, 2.45) is 5.16 Å². The highest BCUT2D eigenvalue weighted by molar-refractivity contribution is 7.82. The fraction of sp³-hybridized carbons (Fsp3) is 0.609. The van der Waals surface area contributed by atoms with Crippen LogP contribution in [0.1, 0.15) is 60.4 Å². The lowest BCUT2D eigenvalue weighted by molar-refractivity contribution is 0.200. The minimum Gasteiger partial charge on any atom is -0.411 e. The van der Waals surface area contributed by atoms with Crippen molar-refractivity contribution >= 4 is 28.3 Å². The van der Waals surface area contributed by atoms with Gasteiger partial charge in [0, 0.05) is 30.4 Å². The van der Waals surface area contributed by atoms with E-state index in [-0.39, 0.29) is 0 Å². The van der Waals surface area contributed by atoms with Crippen LogP contribution in [-0.2, 0) is 36.7 Å². The molecule has 2 aliphatic carbocycles. The Kier molecular flexibility index (Phi) is 6.24. The Hall–Kier alpha value is -2.30. The second-order valence-corrected chi connectivity index (χ2v) is 10.9. The van der Waals surface area contributed by atoms with E-state index in [1.807, 2.05) is 11.2 Å². The van der Waals surface area contributed by atoms with Crippen molar-refractivity contribution in [1.29, 1.82) is 0 Å². The van der Waals surface area contributed by atoms with Crippen molar-refractivity contribution in [2.75, 3.05) is 32.5 Å². The molecule has 2 heterocycles. The number of nitrogens with zero attached hydrogens (tertiary/aromatic N) is 5. The van der Waals surface area contributed by atoms with Crippen LogP contribution >= 0.6 is 0 Å². The van der Waals surface area contributed by atoms with E-state index in [9.17, 15) is 9.42 Å². The van der Waals surface area contributed by atoms with Gasteiger partial charge in [0.25, 0.3) is 0 Å². The molecule has 1 atom stereocenters. The predicted octanol–water partition coefficient (Wildman–Crippen LogP) is 2.77. The van der Waals surface area contributed by atoms with Crippen LogP contribution < -0.4 is 5.32 Å². The maximum atomic E-state index is 13.1. The van der Waals surface area contributed by atoms with Gasteiger partial charge >= 0.3 is 0 Å². The van der Waals surface area contributed by atoms with Crippen LogP contribution in [0.2, 0.25) is 0 Å². The minimum atomic E-state index is -1.34. The molecule has 1 fully saturated rings. The van der Waals surface area contributed by atoms with E-state index in [1.54, 1.807) is 0 Å². The van der Waals surface area contributed by atoms with E-state index in [2.05, 4.69) is 44.6 Å². The minimum absolute atomic E-state index is 0.397. The van der Waals surface area contributed by atoms with Crippen LogP contribution in [0.3, 0.4) is 0 Å². The van der Waals surface area contributed by atoms with Crippen LogP contribution in [0, 0.1) is 0 Å². The molecule has 0 bridgehead atoms. The van der Waals surface area contributed by atoms with E-state index in [1.165, 1.54) is 22.3 Å². The number of nitrogens with one attached hydrogen (secondary N) is 2. The normalized spacial score (nSPS) is 20.3. The van der Waals surface area contributed by atoms with Gasteiger partial charge in [0.1, 0.15) is 0 Å². The lowest BCUT2D eigenvalue weighted by Gasteiger charge is -2.33. The molecular formula is C23H33N7O2S. The molecule has 9 nitrogen and oxygen atoms in total. The zero-order chi connectivity index (χ0) is 23.1. The lowest BCUT2D eigenvalue weighted by atomic mass is 9.90. The number of hydrogen-bond donors (Lipinski definition) is 3. The number of fused-ring (bicyclic) bond motifs is 2. The number of oxime groups is 1. The molecule has 0 amide bonds. The first kappa shape index (κ1) is 22.5. The van der Waals surface area contributed by atoms with Gasteiger partial charge in [-0.2, -0.15) is 4.98 Å². The van der Waals surface area contributed by atoms with E-state index >= 15 is 0 Å². The number of aromatic amines is 1. The summed E-state index contributed by atoms with van der Waals surface area (Å²) >= 11 is 0. The molecule has 0 radical (unpaired) electrons. The highest BCUT2D eigenvalue weighted by atomic mass is 32.2. The Bertz CT molecular complexity index is 1070. The first-order valence-corrected chi connectivity index (χ1v) is 13.0. The summed E-state index contributed by atoms with van der Waals surface area (Å²) in [6.45, 7) is 3.46. The molecule has 3 N–H and O–H groups in total. The van der Waals surface area contributed by atoms with Crippen LogP contribution in [0.15, 0.2) is 10.3 Å². The molecule has 5 rings (SSSR count). The molecule has 1 saturated heterocycles. The molecule has 1 aliphatic heterocycles. The first-order valence-electron chi connectivity index (χ1n) is 11.9. The standard InChI is InChI=1S/C23H33N7O2S/c1-14(28-31)20-16-6-4-8-18(16)21(19-9-5-7-17(19)20)24-22-25-23(27-26-22)33(32)30-12-10-15(11-13-30)29(2)3/h15,31H,4-13H2,1-3H3,(H2,24,25,26,27)/b28-14+. The van der Waals surface area contributed by atoms with Crippen molar-refractivity contribution in [1.82, 2.24) is 24.4 Å². The highest BCUT2D eigenvalue weighted by Gasteiger charge is 2.31. The second kappa shape index (κ2) is 9.15. The Morgan fingerprint density at radius 1 is 1.12 bits per heavy atom. The van der Waals surface area contributed by atoms with Crippen molar-refractivity contribution in [3.8, 4) is 0 Å². The van der Waals surface area contributed by atoms with Crippen molar-refractivity contribution in [3.05, 3.63) is 27.8 Å². The molecule has 3 aliphatic rings. The summed E-state index contributed by atoms with van der Waals surface area (Å²) in [6.07, 6.45) is 8.13. The number of piperidine rings is 1. The van der Waals surface area contributed by atoms with Gasteiger partial charge in [0.05, 0.1) is 5.71 Å². The molecule has 0 saturated carbocycles. The van der Waals surface area contributed by atoms with E-state index in [0.29, 0.717) is 22.9 Å². The number of benzene rings is 1. The predicted molar refractivity (Wildman–Crippen MR) is 129 cm³/mol. The van der Waals surface area contributed by atoms with E-state index in [0.717, 1.165) is 75.7 Å². The molecule has 1 aromatic carbocycles. The molecule has 2 aromatic rings. The fourth-order valence-electron chi connectivity index (χ4n) is 5.73. The fourth-order valence-corrected chi connectivity index (χ4v) is 6.81. The number of anilines is 2. The highest BCUT2D eigenvalue weighted by Crippen LogP contribution is 2.42. The molecule has 0 spiro atoms. The van der Waals surface area contributed by atoms with Gasteiger partial charge in [-0.3, -0.25) is 0 Å². The number of hydrogen-bond acceptors (Lipinski definition) is 7. The van der Waals surface area contributed by atoms with Gasteiger partial charge < -0.3 is 15.4 Å². The van der Waals surface area contributed by atoms with Crippen LogP contribution in [0.25, 0.3) is 0 Å². The smallest absolute Gasteiger partial charge is 0.247 e. The quantitative estimate of drug-likeness (QED) is 0.340. The van der Waals surface area contributed by atoms with Gasteiger partial charge in [0.15, 0.2) is 11.0 Å². The molecule has 10 heteroatoms. The van der Waals surface area contributed by atoms with Crippen LogP contribution in [0.5, 0.6) is 0 Å². The van der Waals surface area contributed by atoms with Crippen LogP contribution in [-0.4, -0.2) is 72.7 Å². The zero-order valence-corrected chi connectivity index (χ0v) is 20.5. The van der Waals surface area contributed by atoms with Crippen molar-refractivity contribution < 1.29 is 9.42 Å². The summed E-state index contributed by atoms with van der Waals surface area (Å²) in [4.78, 5) is 6.81. The molecule has 1 aromatic heterocycles. The first-order chi connectivity index (χ1) is 16.0. The summed E-state index contributed by atoms with van der Waals surface area (Å²) < 4.78 is 15.1. The Morgan fingerprint density at radius 3 is 2.30 bits per heavy atom. The average Bonchev–Trinajstić information content (AvgIpc) is 3.59. The Labute approximate surface area is 197 Å². The van der Waals surface area contributed by atoms with Crippen molar-refractivity contribution in [3.63, 3.8) is 0 Å². The number of H-pyrrole nitrogens is 1. The monoisotopic (exact) mass is 471 g/mol. The molecule has 1 unspecified atom stereocenters. The summed E-state index contributed by atoms with van der Waals surface area (Å²) in [5, 5.41) is 24.1. The Balaban J connectivity index is 1.39. The van der Waals surface area contributed by atoms with Crippen molar-refractivity contribution in [2.45, 2.75) is 69.5 Å². The number of aromatic nitrogens is 3. The largest absolute Gasteiger partial charge is 0.411 e. The molecular weight excluding hydrogens is 438 g/mol. The zero-order valence-electron chi connectivity index (χ0n) is 19.6. The maximum Gasteiger partial charge on any atom is 0.247 e. The van der Waals surface area contributed by atoms with Gasteiger partial charge in [-0.25, -0.2) is 13.6 Å². The third-order valence-corrected chi connectivity index (χ3v) is 8.76. The van der Waals surface area contributed by atoms with Gasteiger partial charge in [0.2, 0.25) is 11.1 Å². The summed E-state index contributed by atoms with van der Waals surface area (Å²) in [5.74, 6) is 0.463. The molecule has 33 heavy (non-hydrogen) atoms. The van der Waals surface area contributed by atoms with Gasteiger partial charge in [-0.05, 0) is 94.6 Å².